The van der Waals surface area contributed by atoms with E-state index < -0.39 is 0 Å². The molecule has 1 amide bonds. The second-order valence-corrected chi connectivity index (χ2v) is 10.4. The van der Waals surface area contributed by atoms with Crippen LogP contribution in [0.4, 0.5) is 5.69 Å². The van der Waals surface area contributed by atoms with Crippen LogP contribution in [0.5, 0.6) is 11.5 Å². The summed E-state index contributed by atoms with van der Waals surface area (Å²) in [6.07, 6.45) is 3.20. The third-order valence-corrected chi connectivity index (χ3v) is 7.94. The molecule has 8 heteroatoms. The number of rotatable bonds is 9. The first kappa shape index (κ1) is 26.1. The zero-order valence-electron chi connectivity index (χ0n) is 22.6. The molecule has 2 atom stereocenters. The van der Waals surface area contributed by atoms with Crippen LogP contribution in [-0.4, -0.2) is 56.9 Å². The van der Waals surface area contributed by atoms with E-state index in [1.165, 1.54) is 5.56 Å². The van der Waals surface area contributed by atoms with Gasteiger partial charge < -0.3 is 29.1 Å². The zero-order valence-corrected chi connectivity index (χ0v) is 22.6. The Hall–Kier alpha value is -3.52. The molecular weight excluding hydrogens is 480 g/mol. The Morgan fingerprint density at radius 1 is 1.11 bits per heavy atom. The third kappa shape index (κ3) is 5.96. The van der Waals surface area contributed by atoms with Gasteiger partial charge in [-0.25, -0.2) is 0 Å². The highest BCUT2D eigenvalue weighted by Gasteiger charge is 2.31. The number of amides is 1. The molecule has 1 aromatic heterocycles. The van der Waals surface area contributed by atoms with Crippen molar-refractivity contribution in [2.45, 2.75) is 38.8 Å². The van der Waals surface area contributed by atoms with E-state index >= 15 is 0 Å². The highest BCUT2D eigenvalue weighted by atomic mass is 16.5. The number of methoxy groups -OCH3 is 2. The third-order valence-electron chi connectivity index (χ3n) is 7.94. The van der Waals surface area contributed by atoms with Crippen molar-refractivity contribution in [2.24, 2.45) is 11.8 Å². The summed E-state index contributed by atoms with van der Waals surface area (Å²) in [6, 6.07) is 16.4. The molecule has 1 saturated heterocycles. The van der Waals surface area contributed by atoms with Gasteiger partial charge in [-0.15, -0.1) is 0 Å². The van der Waals surface area contributed by atoms with E-state index in [0.717, 1.165) is 67.4 Å². The summed E-state index contributed by atoms with van der Waals surface area (Å²) in [5, 5.41) is 7.89. The second kappa shape index (κ2) is 11.9. The number of aromatic nitrogens is 1. The molecule has 2 aliphatic heterocycles. The highest BCUT2D eigenvalue weighted by Crippen LogP contribution is 2.34. The number of carbonyl (C=O) groups is 1. The van der Waals surface area contributed by atoms with Crippen molar-refractivity contribution < 1.29 is 18.8 Å². The maximum atomic E-state index is 13.4. The summed E-state index contributed by atoms with van der Waals surface area (Å²) < 4.78 is 16.6. The number of hydrogen-bond donors (Lipinski definition) is 1. The lowest BCUT2D eigenvalue weighted by atomic mass is 9.80. The van der Waals surface area contributed by atoms with Crippen LogP contribution in [0.2, 0.25) is 0 Å². The molecule has 3 heterocycles. The van der Waals surface area contributed by atoms with Crippen LogP contribution in [0, 0.1) is 11.8 Å². The Labute approximate surface area is 224 Å². The van der Waals surface area contributed by atoms with Gasteiger partial charge in [0.2, 0.25) is 5.91 Å². The predicted molar refractivity (Wildman–Crippen MR) is 147 cm³/mol. The molecule has 0 saturated carbocycles. The minimum absolute atomic E-state index is 0.229. The largest absolute Gasteiger partial charge is 0.493 e. The van der Waals surface area contributed by atoms with Crippen molar-refractivity contribution >= 4 is 11.6 Å². The zero-order chi connectivity index (χ0) is 26.5. The Kier molecular flexibility index (Phi) is 8.17. The van der Waals surface area contributed by atoms with Crippen molar-refractivity contribution in [1.29, 1.82) is 0 Å². The fraction of sp³-hybridized carbons (Fsp3) is 0.467. The van der Waals surface area contributed by atoms with Crippen molar-refractivity contribution in [1.82, 2.24) is 15.4 Å². The van der Waals surface area contributed by atoms with Gasteiger partial charge in [0, 0.05) is 38.3 Å². The maximum absolute atomic E-state index is 13.4. The van der Waals surface area contributed by atoms with Crippen molar-refractivity contribution in [3.05, 3.63) is 71.1 Å². The van der Waals surface area contributed by atoms with Gasteiger partial charge in [-0.1, -0.05) is 23.4 Å². The summed E-state index contributed by atoms with van der Waals surface area (Å²) in [5.41, 5.74) is 4.46. The first-order chi connectivity index (χ1) is 18.5. The minimum Gasteiger partial charge on any atom is -0.493 e. The molecule has 0 bridgehead atoms. The summed E-state index contributed by atoms with van der Waals surface area (Å²) in [5.74, 6) is 3.20. The van der Waals surface area contributed by atoms with Gasteiger partial charge in [0.1, 0.15) is 0 Å². The van der Waals surface area contributed by atoms with Crippen LogP contribution >= 0.6 is 0 Å². The molecule has 0 spiro atoms. The van der Waals surface area contributed by atoms with Gasteiger partial charge in [0.05, 0.1) is 26.5 Å². The van der Waals surface area contributed by atoms with Crippen LogP contribution in [-0.2, 0) is 30.7 Å². The molecule has 1 N–H and O–H groups in total. The lowest BCUT2D eigenvalue weighted by Crippen LogP contribution is -2.42. The van der Waals surface area contributed by atoms with Gasteiger partial charge in [0.15, 0.2) is 17.3 Å². The van der Waals surface area contributed by atoms with E-state index in [2.05, 4.69) is 40.6 Å². The first-order valence-corrected chi connectivity index (χ1v) is 13.5. The minimum atomic E-state index is 0.229. The van der Waals surface area contributed by atoms with Crippen LogP contribution in [0.1, 0.15) is 35.4 Å². The summed E-state index contributed by atoms with van der Waals surface area (Å²) in [4.78, 5) is 17.6. The molecular formula is C30H38N4O4. The fourth-order valence-corrected chi connectivity index (χ4v) is 5.74. The number of fused-ring (bicyclic) bond motifs is 1. The summed E-state index contributed by atoms with van der Waals surface area (Å²) in [7, 11) is 5.35. The molecule has 38 heavy (non-hydrogen) atoms. The van der Waals surface area contributed by atoms with Crippen LogP contribution in [0.3, 0.4) is 0 Å². The standard InChI is InChI=1S/C30H38N4O4/c1-33(26-7-5-4-6-8-26)20-27-17-25(32-38-27)13-23-18-31-11-9-21(23)16-30(35)34-12-10-22-14-28(36-2)29(37-3)15-24(22)19-34/h4-8,14-15,17,21,23,31H,9-13,16,18-20H2,1-3H3/t21-,23+/m0/s1. The quantitative estimate of drug-likeness (QED) is 0.457. The number of nitrogens with one attached hydrogen (secondary N) is 1. The van der Waals surface area contributed by atoms with Crippen LogP contribution in [0.25, 0.3) is 0 Å². The number of hydrogen-bond acceptors (Lipinski definition) is 7. The Morgan fingerprint density at radius 3 is 2.63 bits per heavy atom. The average Bonchev–Trinajstić information content (AvgIpc) is 3.39. The maximum Gasteiger partial charge on any atom is 0.223 e. The normalized spacial score (nSPS) is 19.1. The number of ether oxygens (including phenoxy) is 2. The number of carbonyl (C=O) groups excluding carboxylic acids is 1. The fourth-order valence-electron chi connectivity index (χ4n) is 5.74. The van der Waals surface area contributed by atoms with E-state index in [0.29, 0.717) is 37.1 Å². The van der Waals surface area contributed by atoms with Gasteiger partial charge in [0.25, 0.3) is 0 Å². The average molecular weight is 519 g/mol. The van der Waals surface area contributed by atoms with E-state index in [9.17, 15) is 4.79 Å². The SMILES string of the molecule is COc1cc2c(cc1OC)CN(C(=O)C[C@@H]1CCNC[C@H]1Cc1cc(CN(C)c3ccccc3)on1)CC2. The number of anilines is 1. The molecule has 2 aliphatic rings. The number of piperidine rings is 1. The molecule has 8 nitrogen and oxygen atoms in total. The van der Waals surface area contributed by atoms with Gasteiger partial charge >= 0.3 is 0 Å². The topological polar surface area (TPSA) is 80.1 Å². The molecule has 0 unspecified atom stereocenters. The molecule has 1 fully saturated rings. The van der Waals surface area contributed by atoms with E-state index in [1.54, 1.807) is 14.2 Å². The highest BCUT2D eigenvalue weighted by molar-refractivity contribution is 5.77. The Balaban J connectivity index is 1.19. The molecule has 202 valence electrons. The van der Waals surface area contributed by atoms with Gasteiger partial charge in [-0.05, 0) is 79.6 Å². The Bertz CT molecular complexity index is 1230. The van der Waals surface area contributed by atoms with E-state index in [1.807, 2.05) is 35.2 Å². The summed E-state index contributed by atoms with van der Waals surface area (Å²) >= 11 is 0. The van der Waals surface area contributed by atoms with E-state index in [4.69, 9.17) is 14.0 Å². The van der Waals surface area contributed by atoms with Crippen molar-refractivity contribution in [3.8, 4) is 11.5 Å². The predicted octanol–water partition coefficient (Wildman–Crippen LogP) is 4.07. The van der Waals surface area contributed by atoms with Crippen molar-refractivity contribution in [3.63, 3.8) is 0 Å². The smallest absolute Gasteiger partial charge is 0.223 e. The van der Waals surface area contributed by atoms with E-state index in [-0.39, 0.29) is 5.91 Å². The number of nitrogens with zero attached hydrogens (tertiary/aromatic N) is 3. The molecule has 5 rings (SSSR count). The number of benzene rings is 2. The van der Waals surface area contributed by atoms with Crippen molar-refractivity contribution in [2.75, 3.05) is 45.8 Å². The van der Waals surface area contributed by atoms with Crippen LogP contribution in [0.15, 0.2) is 53.1 Å². The number of para-hydroxylation sites is 1. The monoisotopic (exact) mass is 518 g/mol. The lowest BCUT2D eigenvalue weighted by Gasteiger charge is -2.35. The first-order valence-electron chi connectivity index (χ1n) is 13.5. The lowest BCUT2D eigenvalue weighted by molar-refractivity contribution is -0.133. The molecule has 0 radical (unpaired) electrons. The van der Waals surface area contributed by atoms with Gasteiger partial charge in [-0.2, -0.15) is 0 Å². The summed E-state index contributed by atoms with van der Waals surface area (Å²) in [6.45, 7) is 3.85. The van der Waals surface area contributed by atoms with Gasteiger partial charge in [-0.3, -0.25) is 4.79 Å². The molecule has 0 aliphatic carbocycles. The Morgan fingerprint density at radius 2 is 1.87 bits per heavy atom. The molecule has 3 aromatic rings. The molecule has 2 aromatic carbocycles. The second-order valence-electron chi connectivity index (χ2n) is 10.4. The van der Waals surface area contributed by atoms with Crippen LogP contribution < -0.4 is 19.7 Å².